The minimum Gasteiger partial charge on any atom is -0.423 e. The number of aromatic nitrogens is 5. The molecule has 8 rings (SSSR count). The normalized spacial score (nSPS) is 11.6. The van der Waals surface area contributed by atoms with Crippen molar-refractivity contribution in [1.29, 1.82) is 0 Å². The molecule has 0 spiro atoms. The Morgan fingerprint density at radius 2 is 1.14 bits per heavy atom. The monoisotopic (exact) mass is 559 g/mol. The van der Waals surface area contributed by atoms with E-state index in [9.17, 15) is 0 Å². The molecule has 0 radical (unpaired) electrons. The van der Waals surface area contributed by atoms with E-state index in [0.29, 0.717) is 17.8 Å². The molecule has 3 aromatic heterocycles. The van der Waals surface area contributed by atoms with Crippen molar-refractivity contribution in [1.82, 2.24) is 25.4 Å². The van der Waals surface area contributed by atoms with Crippen LogP contribution >= 0.6 is 0 Å². The Morgan fingerprint density at radius 3 is 1.79 bits per heavy atom. The predicted octanol–water partition coefficient (Wildman–Crippen LogP) is 8.62. The molecule has 0 atom stereocenters. The third kappa shape index (κ3) is 4.66. The second kappa shape index (κ2) is 10.4. The summed E-state index contributed by atoms with van der Waals surface area (Å²) in [7, 11) is 0. The zero-order valence-corrected chi connectivity index (χ0v) is 22.6. The summed E-state index contributed by atoms with van der Waals surface area (Å²) in [5.74, 6) is 0.907. The SMILES string of the molecule is [2H]c1cc(-c2ccc3cccnc3c2)cc2ccc(N(c3ccc(-c4nnco4)cc3)c3ccc(-c4nnco4)cc3)cc12. The van der Waals surface area contributed by atoms with Gasteiger partial charge in [0.25, 0.3) is 0 Å². The highest BCUT2D eigenvalue weighted by Crippen LogP contribution is 2.38. The Bertz CT molecular complexity index is 2160. The van der Waals surface area contributed by atoms with Gasteiger partial charge in [0.1, 0.15) is 0 Å². The average molecular weight is 560 g/mol. The molecule has 3 heterocycles. The summed E-state index contributed by atoms with van der Waals surface area (Å²) in [5.41, 5.74) is 7.33. The molecule has 0 N–H and O–H groups in total. The van der Waals surface area contributed by atoms with Crippen LogP contribution in [0.25, 0.3) is 55.7 Å². The summed E-state index contributed by atoms with van der Waals surface area (Å²) < 4.78 is 19.8. The van der Waals surface area contributed by atoms with E-state index in [-0.39, 0.29) is 0 Å². The Labute approximate surface area is 247 Å². The topological polar surface area (TPSA) is 94.0 Å². The highest BCUT2D eigenvalue weighted by molar-refractivity contribution is 5.93. The van der Waals surface area contributed by atoms with Crippen molar-refractivity contribution >= 4 is 38.7 Å². The van der Waals surface area contributed by atoms with Crippen molar-refractivity contribution in [3.63, 3.8) is 0 Å². The van der Waals surface area contributed by atoms with E-state index in [1.807, 2.05) is 66.7 Å². The van der Waals surface area contributed by atoms with Gasteiger partial charge >= 0.3 is 0 Å². The van der Waals surface area contributed by atoms with Crippen LogP contribution in [-0.4, -0.2) is 25.4 Å². The summed E-state index contributed by atoms with van der Waals surface area (Å²) in [6.07, 6.45) is 4.43. The third-order valence-corrected chi connectivity index (χ3v) is 7.39. The van der Waals surface area contributed by atoms with Gasteiger partial charge in [0.05, 0.1) is 6.89 Å². The molecule has 0 fully saturated rings. The fraction of sp³-hybridized carbons (Fsp3) is 0. The van der Waals surface area contributed by atoms with E-state index in [1.165, 1.54) is 12.8 Å². The van der Waals surface area contributed by atoms with Crippen LogP contribution in [0.4, 0.5) is 17.1 Å². The van der Waals surface area contributed by atoms with Gasteiger partial charge in [0.2, 0.25) is 24.6 Å². The van der Waals surface area contributed by atoms with Gasteiger partial charge in [-0.25, -0.2) is 0 Å². The quantitative estimate of drug-likeness (QED) is 0.200. The van der Waals surface area contributed by atoms with E-state index in [4.69, 9.17) is 10.2 Å². The lowest BCUT2D eigenvalue weighted by atomic mass is 9.99. The van der Waals surface area contributed by atoms with Gasteiger partial charge in [0, 0.05) is 39.8 Å². The van der Waals surface area contributed by atoms with E-state index in [2.05, 4.69) is 72.7 Å². The molecule has 8 heteroatoms. The number of pyridine rings is 1. The summed E-state index contributed by atoms with van der Waals surface area (Å²) >= 11 is 0. The number of benzene rings is 5. The average Bonchev–Trinajstić information content (AvgIpc) is 3.81. The number of fused-ring (bicyclic) bond motifs is 2. The molecule has 0 bridgehead atoms. The van der Waals surface area contributed by atoms with Crippen LogP contribution in [0.3, 0.4) is 0 Å². The standard InChI is InChI=1S/C35H22N6O2/c1-2-23-3-4-29(20-33(23)36-17-1)26-5-6-28-19-32(16-11-27(28)18-26)41(30-12-7-24(8-13-30)34-39-37-21-42-34)31-14-9-25(10-15-31)35-40-38-22-43-35/h1-22H/i6D. The van der Waals surface area contributed by atoms with Crippen molar-refractivity contribution in [3.8, 4) is 34.0 Å². The maximum Gasteiger partial charge on any atom is 0.247 e. The van der Waals surface area contributed by atoms with Crippen LogP contribution in [0.15, 0.2) is 143 Å². The van der Waals surface area contributed by atoms with Crippen LogP contribution in [-0.2, 0) is 0 Å². The number of hydrogen-bond donors (Lipinski definition) is 0. The van der Waals surface area contributed by atoms with Gasteiger partial charge in [-0.2, -0.15) is 0 Å². The van der Waals surface area contributed by atoms with Gasteiger partial charge < -0.3 is 13.7 Å². The smallest absolute Gasteiger partial charge is 0.247 e. The van der Waals surface area contributed by atoms with Crippen molar-refractivity contribution in [3.05, 3.63) is 134 Å². The van der Waals surface area contributed by atoms with Gasteiger partial charge in [-0.15, -0.1) is 20.4 Å². The first-order valence-corrected chi connectivity index (χ1v) is 13.6. The Kier molecular flexibility index (Phi) is 5.67. The zero-order chi connectivity index (χ0) is 29.5. The van der Waals surface area contributed by atoms with Crippen LogP contribution < -0.4 is 4.90 Å². The van der Waals surface area contributed by atoms with E-state index >= 15 is 0 Å². The Hall–Kier alpha value is -6.15. The van der Waals surface area contributed by atoms with Crippen molar-refractivity contribution < 1.29 is 10.2 Å². The summed E-state index contributed by atoms with van der Waals surface area (Å²) in [4.78, 5) is 6.64. The minimum absolute atomic E-state index is 0.443. The Balaban J connectivity index is 1.21. The summed E-state index contributed by atoms with van der Waals surface area (Å²) in [5, 5.41) is 18.5. The van der Waals surface area contributed by atoms with Crippen molar-refractivity contribution in [2.45, 2.75) is 0 Å². The number of hydrogen-bond acceptors (Lipinski definition) is 8. The highest BCUT2D eigenvalue weighted by Gasteiger charge is 2.15. The van der Waals surface area contributed by atoms with Crippen LogP contribution in [0.5, 0.6) is 0 Å². The summed E-state index contributed by atoms with van der Waals surface area (Å²) in [6, 6.07) is 36.7. The van der Waals surface area contributed by atoms with Crippen molar-refractivity contribution in [2.24, 2.45) is 0 Å². The maximum absolute atomic E-state index is 9.00. The second-order valence-corrected chi connectivity index (χ2v) is 9.99. The molecule has 0 aliphatic carbocycles. The minimum atomic E-state index is 0.443. The summed E-state index contributed by atoms with van der Waals surface area (Å²) in [6.45, 7) is 0. The van der Waals surface area contributed by atoms with Crippen molar-refractivity contribution in [2.75, 3.05) is 4.90 Å². The lowest BCUT2D eigenvalue weighted by Crippen LogP contribution is -2.09. The fourth-order valence-electron chi connectivity index (χ4n) is 5.26. The molecule has 0 saturated heterocycles. The number of rotatable bonds is 6. The fourth-order valence-corrected chi connectivity index (χ4v) is 5.26. The number of anilines is 3. The lowest BCUT2D eigenvalue weighted by Gasteiger charge is -2.26. The molecule has 43 heavy (non-hydrogen) atoms. The molecule has 8 nitrogen and oxygen atoms in total. The molecule has 0 amide bonds. The van der Waals surface area contributed by atoms with Gasteiger partial charge in [-0.3, -0.25) is 4.98 Å². The van der Waals surface area contributed by atoms with Crippen LogP contribution in [0, 0.1) is 0 Å². The third-order valence-electron chi connectivity index (χ3n) is 7.39. The first-order chi connectivity index (χ1) is 21.7. The van der Waals surface area contributed by atoms with E-state index < -0.39 is 0 Å². The lowest BCUT2D eigenvalue weighted by molar-refractivity contribution is 0.568. The zero-order valence-electron chi connectivity index (χ0n) is 23.6. The molecule has 0 saturated carbocycles. The molecule has 5 aromatic carbocycles. The maximum atomic E-state index is 9.00. The van der Waals surface area contributed by atoms with Gasteiger partial charge in [-0.1, -0.05) is 36.4 Å². The molecule has 0 aliphatic heterocycles. The molecule has 204 valence electrons. The van der Waals surface area contributed by atoms with E-state index in [0.717, 1.165) is 61.0 Å². The molecule has 8 aromatic rings. The van der Waals surface area contributed by atoms with Gasteiger partial charge in [0.15, 0.2) is 0 Å². The second-order valence-electron chi connectivity index (χ2n) is 9.99. The van der Waals surface area contributed by atoms with Crippen LogP contribution in [0.2, 0.25) is 0 Å². The van der Waals surface area contributed by atoms with E-state index in [1.54, 1.807) is 6.20 Å². The molecule has 0 unspecified atom stereocenters. The van der Waals surface area contributed by atoms with Crippen LogP contribution in [0.1, 0.15) is 1.37 Å². The molecular formula is C35H22N6O2. The predicted molar refractivity (Wildman–Crippen MR) is 166 cm³/mol. The highest BCUT2D eigenvalue weighted by atomic mass is 16.4. The molecular weight excluding hydrogens is 536 g/mol. The van der Waals surface area contributed by atoms with Gasteiger partial charge in [-0.05, 0) is 101 Å². The first-order valence-electron chi connectivity index (χ1n) is 14.1. The molecule has 0 aliphatic rings. The largest absolute Gasteiger partial charge is 0.423 e. The Morgan fingerprint density at radius 1 is 0.535 bits per heavy atom. The number of nitrogens with zero attached hydrogens (tertiary/aromatic N) is 6. The first kappa shape index (κ1) is 23.5.